The van der Waals surface area contributed by atoms with Gasteiger partial charge in [0.25, 0.3) is 11.8 Å². The molecule has 2 aliphatic heterocycles. The maximum atomic E-state index is 15.3. The Morgan fingerprint density at radius 1 is 0.620 bits per heavy atom. The monoisotopic (exact) mass is 1130 g/mol. The number of fused-ring (bicyclic) bond motifs is 6. The van der Waals surface area contributed by atoms with Crippen LogP contribution in [0, 0.1) is 11.8 Å². The maximum absolute atomic E-state index is 15.3. The minimum absolute atomic E-state index is 0.0281. The number of carbonyl (C=O) groups is 10. The predicted molar refractivity (Wildman–Crippen MR) is 294 cm³/mol. The molecule has 9 atom stereocenters. The zero-order chi connectivity index (χ0) is 58.0. The van der Waals surface area contributed by atoms with Crippen LogP contribution in [0.1, 0.15) is 75.4 Å². The Bertz CT molecular complexity index is 2970. The van der Waals surface area contributed by atoms with E-state index in [-0.39, 0.29) is 41.8 Å². The molecule has 24 nitrogen and oxygen atoms in total. The van der Waals surface area contributed by atoms with Crippen molar-refractivity contribution in [1.29, 1.82) is 0 Å². The molecule has 6 rings (SSSR count). The third kappa shape index (κ3) is 14.8. The molecule has 4 aromatic rings. The van der Waals surface area contributed by atoms with Crippen LogP contribution < -0.4 is 21.3 Å². The average Bonchev–Trinajstić information content (AvgIpc) is 3.43. The number of carbonyl (C=O) groups excluding carboxylic acids is 10. The normalized spacial score (nSPS) is 25.1. The molecule has 0 aliphatic carbocycles. The van der Waals surface area contributed by atoms with E-state index >= 15 is 9.59 Å². The van der Waals surface area contributed by atoms with Gasteiger partial charge in [0.1, 0.15) is 72.9 Å². The van der Waals surface area contributed by atoms with E-state index in [1.54, 1.807) is 68.6 Å². The number of rotatable bonds is 9. The lowest BCUT2D eigenvalue weighted by atomic mass is 10.0. The van der Waals surface area contributed by atoms with E-state index in [1.165, 1.54) is 54.4 Å². The van der Waals surface area contributed by atoms with E-state index in [0.717, 1.165) is 43.1 Å². The molecule has 2 bridgehead atoms. The molecular formula is C53H68N12O12S2. The summed E-state index contributed by atoms with van der Waals surface area (Å²) in [6, 6.07) is 1.88. The van der Waals surface area contributed by atoms with Crippen LogP contribution in [-0.4, -0.2) is 205 Å². The van der Waals surface area contributed by atoms with Crippen molar-refractivity contribution in [3.63, 3.8) is 0 Å². The number of amides is 8. The van der Waals surface area contributed by atoms with Gasteiger partial charge in [-0.15, -0.1) is 23.5 Å². The molecule has 2 saturated heterocycles. The average molecular weight is 1130 g/mol. The first-order valence-corrected chi connectivity index (χ1v) is 28.0. The molecule has 0 spiro atoms. The fourth-order valence-corrected chi connectivity index (χ4v) is 11.5. The van der Waals surface area contributed by atoms with Gasteiger partial charge >= 0.3 is 11.9 Å². The lowest BCUT2D eigenvalue weighted by molar-refractivity contribution is -0.159. The van der Waals surface area contributed by atoms with Crippen LogP contribution in [0.25, 0.3) is 22.1 Å². The summed E-state index contributed by atoms with van der Waals surface area (Å²) < 4.78 is 10.6. The van der Waals surface area contributed by atoms with Gasteiger partial charge < -0.3 is 50.3 Å². The fourth-order valence-electron chi connectivity index (χ4n) is 8.90. The van der Waals surface area contributed by atoms with Crippen molar-refractivity contribution in [2.45, 2.75) is 107 Å². The van der Waals surface area contributed by atoms with Crippen LogP contribution in [0.4, 0.5) is 0 Å². The quantitative estimate of drug-likeness (QED) is 0.172. The van der Waals surface area contributed by atoms with Crippen LogP contribution in [0.5, 0.6) is 0 Å². The van der Waals surface area contributed by atoms with Gasteiger partial charge in [-0.1, -0.05) is 52.0 Å². The lowest BCUT2D eigenvalue weighted by Crippen LogP contribution is -2.60. The number of hydrogen-bond donors (Lipinski definition) is 4. The smallest absolute Gasteiger partial charge is 0.328 e. The number of hydrogen-bond acceptors (Lipinski definition) is 18. The third-order valence-corrected chi connectivity index (χ3v) is 16.2. The number of ether oxygens (including phenoxy) is 2. The van der Waals surface area contributed by atoms with Gasteiger partial charge in [-0.25, -0.2) is 19.6 Å². The number of nitrogens with zero attached hydrogens (tertiary/aromatic N) is 8. The van der Waals surface area contributed by atoms with Crippen LogP contribution in [0.15, 0.2) is 60.9 Å². The molecule has 0 radical (unpaired) electrons. The predicted octanol–water partition coefficient (Wildman–Crippen LogP) is 1.42. The second kappa shape index (κ2) is 26.9. The highest BCUT2D eigenvalue weighted by Gasteiger charge is 2.45. The van der Waals surface area contributed by atoms with E-state index in [9.17, 15) is 38.4 Å². The summed E-state index contributed by atoms with van der Waals surface area (Å²) in [7, 11) is 5.38. The number of cyclic esters (lactones) is 2. The number of para-hydroxylation sites is 4. The fraction of sp³-hybridized carbons (Fsp3) is 0.509. The zero-order valence-corrected chi connectivity index (χ0v) is 47.6. The third-order valence-electron chi connectivity index (χ3n) is 13.4. The van der Waals surface area contributed by atoms with Crippen molar-refractivity contribution in [2.75, 3.05) is 53.4 Å². The van der Waals surface area contributed by atoms with Crippen molar-refractivity contribution in [3.05, 3.63) is 72.3 Å². The van der Waals surface area contributed by atoms with Crippen molar-refractivity contribution in [2.24, 2.45) is 11.8 Å². The zero-order valence-electron chi connectivity index (χ0n) is 46.0. The van der Waals surface area contributed by atoms with E-state index in [4.69, 9.17) is 9.47 Å². The molecule has 4 N–H and O–H groups in total. The number of nitrogens with one attached hydrogen (secondary N) is 4. The second-order valence-electron chi connectivity index (χ2n) is 20.2. The molecule has 26 heteroatoms. The Kier molecular flexibility index (Phi) is 20.7. The van der Waals surface area contributed by atoms with Crippen LogP contribution >= 0.6 is 23.5 Å². The topological polar surface area (TPSA) is 302 Å². The number of benzene rings is 2. The minimum atomic E-state index is -1.66. The Balaban J connectivity index is 1.44. The molecule has 79 heavy (non-hydrogen) atoms. The van der Waals surface area contributed by atoms with Crippen molar-refractivity contribution >= 4 is 105 Å². The van der Waals surface area contributed by atoms with Gasteiger partial charge in [0.2, 0.25) is 35.4 Å². The Morgan fingerprint density at radius 3 is 1.44 bits per heavy atom. The standard InChI is InChI=1S/C53H68N12O12S2/c1-27(2)20-39-51(74)76-24-38(61-44(67)36-23-55-32-17-13-15-19-34(32)59-36)46(69)57-30(6)48(71)65(10)42-50(73)63(8)40(21-28(3)4)52(75)77-25-37(60-43(66)35-22-54-31-16-12-14-18-33(31)58-35)45(68)56-29(5)47(70)64(9)41(49(72)62(39)7)26-79-53(42)78-11/h12-19,22-23,27-30,37-42,53H,20-21,24-26H2,1-11H3,(H,56,68)(H,57,69)(H,60,66)(H,61,67). The van der Waals surface area contributed by atoms with Crippen LogP contribution in [0.3, 0.4) is 0 Å². The Labute approximate surface area is 466 Å². The maximum Gasteiger partial charge on any atom is 0.328 e. The first-order chi connectivity index (χ1) is 37.4. The number of likely N-dealkylation sites (N-methyl/N-ethyl adjacent to an activating group) is 4. The largest absolute Gasteiger partial charge is 0.461 e. The molecule has 2 aliphatic rings. The summed E-state index contributed by atoms with van der Waals surface area (Å²) in [6.07, 6.45) is 4.14. The number of esters is 2. The highest BCUT2D eigenvalue weighted by molar-refractivity contribution is 8.16. The van der Waals surface area contributed by atoms with E-state index in [1.807, 2.05) is 13.8 Å². The minimum Gasteiger partial charge on any atom is -0.461 e. The van der Waals surface area contributed by atoms with Crippen LogP contribution in [-0.2, 0) is 47.8 Å². The summed E-state index contributed by atoms with van der Waals surface area (Å²) in [5.74, 6) is -9.45. The first-order valence-electron chi connectivity index (χ1n) is 25.6. The molecule has 2 fully saturated rings. The summed E-state index contributed by atoms with van der Waals surface area (Å²) in [4.78, 5) is 167. The van der Waals surface area contributed by atoms with Gasteiger partial charge in [0, 0.05) is 33.9 Å². The highest BCUT2D eigenvalue weighted by atomic mass is 32.2. The molecule has 9 unspecified atom stereocenters. The van der Waals surface area contributed by atoms with E-state index in [0.29, 0.717) is 22.1 Å². The summed E-state index contributed by atoms with van der Waals surface area (Å²) in [5.41, 5.74) is 1.40. The van der Waals surface area contributed by atoms with E-state index < -0.39 is 125 Å². The van der Waals surface area contributed by atoms with Gasteiger partial charge in [-0.2, -0.15) is 0 Å². The van der Waals surface area contributed by atoms with E-state index in [2.05, 4.69) is 41.2 Å². The van der Waals surface area contributed by atoms with Gasteiger partial charge in [-0.3, -0.25) is 48.3 Å². The summed E-state index contributed by atoms with van der Waals surface area (Å²) >= 11 is 2.18. The lowest BCUT2D eigenvalue weighted by Gasteiger charge is -2.39. The van der Waals surface area contributed by atoms with Gasteiger partial charge in [0.15, 0.2) is 0 Å². The number of thioether (sulfide) groups is 2. The Morgan fingerprint density at radius 2 is 1.03 bits per heavy atom. The highest BCUT2D eigenvalue weighted by Crippen LogP contribution is 2.32. The molecule has 0 saturated carbocycles. The summed E-state index contributed by atoms with van der Waals surface area (Å²) in [5, 5.41) is 10.3. The molecule has 4 heterocycles. The van der Waals surface area contributed by atoms with Crippen molar-refractivity contribution in [3.8, 4) is 0 Å². The van der Waals surface area contributed by atoms with Gasteiger partial charge in [-0.05, 0) is 69.0 Å². The Hall–Kier alpha value is -7.48. The molecule has 424 valence electrons. The molecule has 2 aromatic carbocycles. The first kappa shape index (κ1) is 60.7. The molecule has 2 aromatic heterocycles. The second-order valence-corrected chi connectivity index (χ2v) is 22.7. The molecule has 8 amide bonds. The van der Waals surface area contributed by atoms with Crippen molar-refractivity contribution < 1.29 is 57.4 Å². The SMILES string of the molecule is CSC1SCC2C(=O)N(C)C(CC(C)C)C(=O)OCC(NC(=O)c3cnc4ccccc4n3)C(=O)NC(C)C(=O)N(C)C1C(=O)N(C)C(CC(C)C)C(=O)OCC(NC(=O)c1cnc3ccccc3n1)C(=O)NC(C)C(=O)N2C. The molecular weight excluding hydrogens is 1060 g/mol. The van der Waals surface area contributed by atoms with Gasteiger partial charge in [0.05, 0.1) is 39.0 Å². The summed E-state index contributed by atoms with van der Waals surface area (Å²) in [6.45, 7) is 8.37. The van der Waals surface area contributed by atoms with Crippen molar-refractivity contribution in [1.82, 2.24) is 60.8 Å². The van der Waals surface area contributed by atoms with Crippen LogP contribution in [0.2, 0.25) is 0 Å². The number of aromatic nitrogens is 4.